The SMILES string of the molecule is CC1CCCCN1S(=O)(=O)NCC1CCCCC1Br. The highest BCUT2D eigenvalue weighted by atomic mass is 79.9. The van der Waals surface area contributed by atoms with E-state index in [0.717, 1.165) is 32.1 Å². The Morgan fingerprint density at radius 2 is 1.84 bits per heavy atom. The van der Waals surface area contributed by atoms with Crippen LogP contribution in [-0.2, 0) is 10.2 Å². The largest absolute Gasteiger partial charge is 0.279 e. The fourth-order valence-electron chi connectivity index (χ4n) is 3.12. The molecule has 0 aromatic rings. The second-order valence-electron chi connectivity index (χ2n) is 5.87. The molecule has 0 spiro atoms. The standard InChI is InChI=1S/C13H25BrN2O2S/c1-11-6-4-5-9-16(11)19(17,18)15-10-12-7-2-3-8-13(12)14/h11-13,15H,2-10H2,1H3. The van der Waals surface area contributed by atoms with Crippen LogP contribution in [0.15, 0.2) is 0 Å². The highest BCUT2D eigenvalue weighted by molar-refractivity contribution is 9.09. The van der Waals surface area contributed by atoms with Gasteiger partial charge in [-0.1, -0.05) is 35.2 Å². The van der Waals surface area contributed by atoms with Crippen LogP contribution >= 0.6 is 15.9 Å². The molecule has 3 unspecified atom stereocenters. The van der Waals surface area contributed by atoms with Gasteiger partial charge in [-0.25, -0.2) is 4.72 Å². The average Bonchev–Trinajstić information content (AvgIpc) is 2.38. The number of alkyl halides is 1. The number of nitrogens with one attached hydrogen (secondary N) is 1. The molecule has 0 amide bonds. The summed E-state index contributed by atoms with van der Waals surface area (Å²) in [7, 11) is -3.29. The Balaban J connectivity index is 1.89. The Kier molecular flexibility index (Phi) is 5.69. The molecule has 3 atom stereocenters. The molecule has 1 saturated heterocycles. The molecule has 1 saturated carbocycles. The topological polar surface area (TPSA) is 49.4 Å². The highest BCUT2D eigenvalue weighted by Crippen LogP contribution is 2.29. The third-order valence-electron chi connectivity index (χ3n) is 4.39. The number of hydrogen-bond donors (Lipinski definition) is 1. The van der Waals surface area contributed by atoms with Gasteiger partial charge in [0.2, 0.25) is 0 Å². The fourth-order valence-corrected chi connectivity index (χ4v) is 5.43. The molecule has 2 aliphatic rings. The molecule has 2 fully saturated rings. The number of nitrogens with zero attached hydrogens (tertiary/aromatic N) is 1. The van der Waals surface area contributed by atoms with Crippen molar-refractivity contribution in [1.29, 1.82) is 0 Å². The Morgan fingerprint density at radius 3 is 2.53 bits per heavy atom. The number of rotatable bonds is 4. The molecule has 1 aliphatic carbocycles. The molecule has 19 heavy (non-hydrogen) atoms. The maximum atomic E-state index is 12.3. The first kappa shape index (κ1) is 15.7. The third-order valence-corrected chi connectivity index (χ3v) is 7.29. The molecule has 112 valence electrons. The minimum absolute atomic E-state index is 0.136. The van der Waals surface area contributed by atoms with E-state index in [1.54, 1.807) is 4.31 Å². The fraction of sp³-hybridized carbons (Fsp3) is 1.00. The summed E-state index contributed by atoms with van der Waals surface area (Å²) in [5, 5.41) is 0. The Hall–Kier alpha value is 0.350. The molecule has 0 aromatic heterocycles. The third kappa shape index (κ3) is 4.16. The zero-order valence-electron chi connectivity index (χ0n) is 11.6. The summed E-state index contributed by atoms with van der Waals surface area (Å²) in [5.74, 6) is 0.434. The van der Waals surface area contributed by atoms with Gasteiger partial charge in [0.15, 0.2) is 0 Å². The van der Waals surface area contributed by atoms with Gasteiger partial charge in [-0.3, -0.25) is 0 Å². The molecule has 0 bridgehead atoms. The minimum Gasteiger partial charge on any atom is -0.202 e. The second kappa shape index (κ2) is 6.87. The van der Waals surface area contributed by atoms with E-state index in [9.17, 15) is 8.42 Å². The van der Waals surface area contributed by atoms with Gasteiger partial charge >= 0.3 is 0 Å². The summed E-state index contributed by atoms with van der Waals surface area (Å²) < 4.78 is 29.2. The maximum absolute atomic E-state index is 12.3. The predicted octanol–water partition coefficient (Wildman–Crippen LogP) is 2.65. The molecule has 1 aliphatic heterocycles. The van der Waals surface area contributed by atoms with Crippen molar-refractivity contribution in [2.45, 2.75) is 62.7 Å². The van der Waals surface area contributed by atoms with Crippen molar-refractivity contribution in [2.24, 2.45) is 5.92 Å². The molecule has 1 heterocycles. The van der Waals surface area contributed by atoms with Crippen molar-refractivity contribution in [2.75, 3.05) is 13.1 Å². The van der Waals surface area contributed by atoms with Gasteiger partial charge in [0.05, 0.1) is 0 Å². The van der Waals surface area contributed by atoms with Gasteiger partial charge in [0.1, 0.15) is 0 Å². The van der Waals surface area contributed by atoms with Crippen molar-refractivity contribution in [3.8, 4) is 0 Å². The van der Waals surface area contributed by atoms with Crippen molar-refractivity contribution in [3.05, 3.63) is 0 Å². The van der Waals surface area contributed by atoms with E-state index in [1.165, 1.54) is 12.8 Å². The van der Waals surface area contributed by atoms with Crippen LogP contribution < -0.4 is 4.72 Å². The van der Waals surface area contributed by atoms with Crippen LogP contribution in [0.3, 0.4) is 0 Å². The van der Waals surface area contributed by atoms with Crippen molar-refractivity contribution in [1.82, 2.24) is 9.03 Å². The molecule has 6 heteroatoms. The van der Waals surface area contributed by atoms with Crippen LogP contribution in [0.1, 0.15) is 51.9 Å². The second-order valence-corrected chi connectivity index (χ2v) is 8.75. The first-order valence-corrected chi connectivity index (χ1v) is 9.77. The zero-order valence-corrected chi connectivity index (χ0v) is 14.0. The molecular weight excluding hydrogens is 328 g/mol. The van der Waals surface area contributed by atoms with E-state index in [1.807, 2.05) is 6.92 Å². The monoisotopic (exact) mass is 352 g/mol. The van der Waals surface area contributed by atoms with E-state index in [4.69, 9.17) is 0 Å². The Morgan fingerprint density at radius 1 is 1.16 bits per heavy atom. The van der Waals surface area contributed by atoms with Crippen molar-refractivity contribution < 1.29 is 8.42 Å². The van der Waals surface area contributed by atoms with E-state index in [-0.39, 0.29) is 6.04 Å². The van der Waals surface area contributed by atoms with Crippen molar-refractivity contribution in [3.63, 3.8) is 0 Å². The van der Waals surface area contributed by atoms with Gasteiger partial charge in [0.25, 0.3) is 10.2 Å². The Bertz CT molecular complexity index is 388. The molecule has 1 N–H and O–H groups in total. The first-order valence-electron chi connectivity index (χ1n) is 7.41. The zero-order chi connectivity index (χ0) is 13.9. The van der Waals surface area contributed by atoms with E-state index in [0.29, 0.717) is 23.8 Å². The average molecular weight is 353 g/mol. The van der Waals surface area contributed by atoms with Crippen LogP contribution in [-0.4, -0.2) is 36.7 Å². The van der Waals surface area contributed by atoms with Crippen LogP contribution in [0.2, 0.25) is 0 Å². The highest BCUT2D eigenvalue weighted by Gasteiger charge is 2.31. The summed E-state index contributed by atoms with van der Waals surface area (Å²) in [4.78, 5) is 0.461. The van der Waals surface area contributed by atoms with Gasteiger partial charge in [-0.05, 0) is 38.5 Å². The quantitative estimate of drug-likeness (QED) is 0.790. The summed E-state index contributed by atoms with van der Waals surface area (Å²) >= 11 is 3.68. The van der Waals surface area contributed by atoms with Crippen LogP contribution in [0.25, 0.3) is 0 Å². The number of piperidine rings is 1. The van der Waals surface area contributed by atoms with Crippen molar-refractivity contribution >= 4 is 26.1 Å². The lowest BCUT2D eigenvalue weighted by Gasteiger charge is -2.33. The maximum Gasteiger partial charge on any atom is 0.279 e. The summed E-state index contributed by atoms with van der Waals surface area (Å²) in [6, 6.07) is 0.136. The minimum atomic E-state index is -3.29. The van der Waals surface area contributed by atoms with Gasteiger partial charge in [-0.15, -0.1) is 0 Å². The molecule has 4 nitrogen and oxygen atoms in total. The lowest BCUT2D eigenvalue weighted by Crippen LogP contribution is -2.49. The number of halogens is 1. The molecule has 0 aromatic carbocycles. The van der Waals surface area contributed by atoms with Gasteiger partial charge in [-0.2, -0.15) is 12.7 Å². The summed E-state index contributed by atoms with van der Waals surface area (Å²) in [6.45, 7) is 3.24. The smallest absolute Gasteiger partial charge is 0.202 e. The van der Waals surface area contributed by atoms with Gasteiger partial charge < -0.3 is 0 Å². The van der Waals surface area contributed by atoms with E-state index < -0.39 is 10.2 Å². The van der Waals surface area contributed by atoms with E-state index >= 15 is 0 Å². The van der Waals surface area contributed by atoms with Crippen LogP contribution in [0.5, 0.6) is 0 Å². The predicted molar refractivity (Wildman–Crippen MR) is 81.6 cm³/mol. The van der Waals surface area contributed by atoms with Crippen LogP contribution in [0.4, 0.5) is 0 Å². The normalized spacial score (nSPS) is 34.3. The van der Waals surface area contributed by atoms with Gasteiger partial charge in [0, 0.05) is 24.0 Å². The van der Waals surface area contributed by atoms with Crippen LogP contribution in [0, 0.1) is 5.92 Å². The molecule has 2 rings (SSSR count). The Labute approximate surface area is 125 Å². The lowest BCUT2D eigenvalue weighted by atomic mass is 9.89. The molecule has 0 radical (unpaired) electrons. The first-order chi connectivity index (χ1) is 9.00. The summed E-state index contributed by atoms with van der Waals surface area (Å²) in [6.07, 6.45) is 7.85. The molecular formula is C13H25BrN2O2S. The summed E-state index contributed by atoms with van der Waals surface area (Å²) in [5.41, 5.74) is 0. The lowest BCUT2D eigenvalue weighted by molar-refractivity contribution is 0.263. The van der Waals surface area contributed by atoms with E-state index in [2.05, 4.69) is 20.7 Å². The number of hydrogen-bond acceptors (Lipinski definition) is 2.